The van der Waals surface area contributed by atoms with E-state index in [1.165, 1.54) is 10.9 Å². The molecule has 4 heterocycles. The molecule has 19 heteroatoms. The van der Waals surface area contributed by atoms with Gasteiger partial charge in [0.05, 0.1) is 18.5 Å². The van der Waals surface area contributed by atoms with Gasteiger partial charge >= 0.3 is 12.1 Å². The van der Waals surface area contributed by atoms with Gasteiger partial charge in [0.15, 0.2) is 23.3 Å². The van der Waals surface area contributed by atoms with Crippen molar-refractivity contribution >= 4 is 34.6 Å². The van der Waals surface area contributed by atoms with Crippen molar-refractivity contribution in [2.24, 2.45) is 0 Å². The molecule has 216 valence electrons. The maximum Gasteiger partial charge on any atom is 0.416 e. The molecule has 0 aliphatic carbocycles. The molecule has 2 aliphatic heterocycles. The highest BCUT2D eigenvalue weighted by atomic mass is 35.5. The van der Waals surface area contributed by atoms with Crippen molar-refractivity contribution in [3.63, 3.8) is 0 Å². The number of nitrogens with two attached hydrogens (primary N) is 1. The molecule has 1 aromatic carbocycles. The first-order chi connectivity index (χ1) is 18.9. The van der Waals surface area contributed by atoms with E-state index in [1.807, 2.05) is 0 Å². The molecule has 15 nitrogen and oxygen atoms in total. The van der Waals surface area contributed by atoms with Crippen LogP contribution in [0.15, 0.2) is 30.6 Å². The fraction of sp³-hybridized carbons (Fsp3) is 0.429. The molecular weight excluding hydrogens is 567 g/mol. The van der Waals surface area contributed by atoms with E-state index in [1.54, 1.807) is 0 Å². The van der Waals surface area contributed by atoms with Crippen LogP contribution in [0, 0.1) is 0 Å². The summed E-state index contributed by atoms with van der Waals surface area (Å²) >= 11 is 5.89. The second-order valence-electron chi connectivity index (χ2n) is 9.10. The highest BCUT2D eigenvalue weighted by Gasteiger charge is 2.52. The van der Waals surface area contributed by atoms with Crippen molar-refractivity contribution in [1.82, 2.24) is 41.4 Å². The molecule has 0 amide bonds. The third-order valence-electron chi connectivity index (χ3n) is 6.61. The van der Waals surface area contributed by atoms with Gasteiger partial charge in [-0.2, -0.15) is 34.2 Å². The van der Waals surface area contributed by atoms with E-state index in [4.69, 9.17) is 26.8 Å². The zero-order chi connectivity index (χ0) is 28.8. The Morgan fingerprint density at radius 3 is 2.45 bits per heavy atom. The Bertz CT molecular complexity index is 1390. The Morgan fingerprint density at radius 1 is 1.15 bits per heavy atom. The van der Waals surface area contributed by atoms with Gasteiger partial charge in [-0.05, 0) is 29.3 Å². The number of alkyl halides is 3. The summed E-state index contributed by atoms with van der Waals surface area (Å²) < 4.78 is 52.0. The number of hydrazine groups is 3. The summed E-state index contributed by atoms with van der Waals surface area (Å²) in [6, 6.07) is 3.94. The van der Waals surface area contributed by atoms with E-state index in [-0.39, 0.29) is 27.8 Å². The highest BCUT2D eigenvalue weighted by molar-refractivity contribution is 6.28. The number of hydrogen-bond donors (Lipinski definition) is 8. The number of hydrogen-bond acceptors (Lipinski definition) is 13. The predicted molar refractivity (Wildman–Crippen MR) is 128 cm³/mol. The average Bonchev–Trinajstić information content (AvgIpc) is 3.63. The number of rotatable bonds is 8. The zero-order valence-electron chi connectivity index (χ0n) is 20.1. The largest absolute Gasteiger partial charge is 0.479 e. The number of anilines is 1. The van der Waals surface area contributed by atoms with Crippen molar-refractivity contribution in [3.8, 4) is 0 Å². The summed E-state index contributed by atoms with van der Waals surface area (Å²) in [5.41, 5.74) is 13.5. The minimum absolute atomic E-state index is 0.0186. The number of imidazole rings is 1. The Labute approximate surface area is 227 Å². The van der Waals surface area contributed by atoms with Gasteiger partial charge in [0, 0.05) is 6.42 Å². The number of fused-ring (bicyclic) bond motifs is 1. The number of nitrogen functional groups attached to an aromatic ring is 1. The number of carbonyl (C=O) groups is 1. The molecule has 2 aliphatic rings. The fourth-order valence-electron chi connectivity index (χ4n) is 4.52. The first-order valence-corrected chi connectivity index (χ1v) is 12.0. The summed E-state index contributed by atoms with van der Waals surface area (Å²) in [7, 11) is 0. The van der Waals surface area contributed by atoms with Crippen LogP contribution in [-0.2, 0) is 26.9 Å². The molecule has 5 rings (SSSR count). The third-order valence-corrected chi connectivity index (χ3v) is 6.78. The summed E-state index contributed by atoms with van der Waals surface area (Å²) in [4.78, 5) is 24.5. The average molecular weight is 590 g/mol. The highest BCUT2D eigenvalue weighted by Crippen LogP contribution is 2.35. The number of nitrogens with one attached hydrogen (secondary N) is 4. The van der Waals surface area contributed by atoms with Crippen LogP contribution in [0.1, 0.15) is 17.4 Å². The number of nitrogens with zero attached hydrogens (tertiary/aromatic N) is 4. The number of ether oxygens (including phenoxy) is 2. The number of aliphatic hydroxyl groups is 2. The summed E-state index contributed by atoms with van der Waals surface area (Å²) in [6.45, 7) is -0.550. The molecule has 0 bridgehead atoms. The molecule has 1 unspecified atom stereocenters. The Kier molecular flexibility index (Phi) is 7.54. The van der Waals surface area contributed by atoms with E-state index in [0.29, 0.717) is 0 Å². The molecule has 5 atom stereocenters. The van der Waals surface area contributed by atoms with Gasteiger partial charge in [-0.15, -0.1) is 0 Å². The molecule has 2 fully saturated rings. The van der Waals surface area contributed by atoms with Gasteiger partial charge in [0.25, 0.3) is 0 Å². The molecule has 2 aromatic heterocycles. The second-order valence-corrected chi connectivity index (χ2v) is 9.44. The number of aliphatic hydroxyl groups excluding tert-OH is 2. The Morgan fingerprint density at radius 2 is 1.82 bits per heavy atom. The van der Waals surface area contributed by atoms with E-state index >= 15 is 0 Å². The molecule has 9 N–H and O–H groups in total. The summed E-state index contributed by atoms with van der Waals surface area (Å²) in [5.74, 6) is -1.50. The standard InChI is InChI=1S/C21H23ClF3N9O6/c22-19-28-14(26)11-15(29-19)34(7-27-11)16-13(36)12(35)10(40-16)6-39-20(18(37)38,17-30-32-33-31-17)5-8-1-3-9(4-2-8)21(23,24)25/h1-4,7,10,12-13,16-17,30-33,35-36H,5-6H2,(H,37,38)(H2,26,28,29)/t10-,12-,13-,16-,20?/m1/s1. The van der Waals surface area contributed by atoms with E-state index in [9.17, 15) is 33.3 Å². The molecule has 2 saturated heterocycles. The lowest BCUT2D eigenvalue weighted by molar-refractivity contribution is -0.180. The van der Waals surface area contributed by atoms with Crippen LogP contribution < -0.4 is 27.7 Å². The normalized spacial score (nSPS) is 25.4. The molecule has 3 aromatic rings. The third kappa shape index (κ3) is 5.16. The summed E-state index contributed by atoms with van der Waals surface area (Å²) in [6.07, 6.45) is -10.4. The maximum atomic E-state index is 13.0. The topological polar surface area (TPSA) is 214 Å². The Hall–Kier alpha value is -3.20. The van der Waals surface area contributed by atoms with Crippen molar-refractivity contribution < 1.29 is 42.8 Å². The molecule has 0 spiro atoms. The van der Waals surface area contributed by atoms with E-state index in [0.717, 1.165) is 24.3 Å². The summed E-state index contributed by atoms with van der Waals surface area (Å²) in [5, 5.41) is 31.5. The number of carboxylic acid groups (broad SMARTS) is 1. The second kappa shape index (κ2) is 10.7. The van der Waals surface area contributed by atoms with Crippen LogP contribution in [0.5, 0.6) is 0 Å². The molecule has 0 saturated carbocycles. The van der Waals surface area contributed by atoms with Crippen LogP contribution in [0.4, 0.5) is 19.0 Å². The quantitative estimate of drug-likeness (QED) is 0.151. The SMILES string of the molecule is Nc1nc(Cl)nc2c1ncn2[C@@H]1O[C@H](COC(Cc2ccc(C(F)(F)F)cc2)(C(=O)O)C2NNNN2)[C@@H](O)[C@H]1O. The van der Waals surface area contributed by atoms with Gasteiger partial charge in [-0.3, -0.25) is 4.57 Å². The number of aromatic nitrogens is 4. The van der Waals surface area contributed by atoms with Crippen molar-refractivity contribution in [3.05, 3.63) is 47.0 Å². The van der Waals surface area contributed by atoms with Crippen molar-refractivity contribution in [2.75, 3.05) is 12.3 Å². The lowest BCUT2D eigenvalue weighted by atomic mass is 9.90. The van der Waals surface area contributed by atoms with Crippen LogP contribution in [0.3, 0.4) is 0 Å². The van der Waals surface area contributed by atoms with Crippen LogP contribution in [-0.4, -0.2) is 77.5 Å². The van der Waals surface area contributed by atoms with Gasteiger partial charge in [-0.1, -0.05) is 12.1 Å². The number of aliphatic carboxylic acids is 1. The first kappa shape index (κ1) is 28.3. The lowest BCUT2D eigenvalue weighted by Crippen LogP contribution is -2.63. The predicted octanol–water partition coefficient (Wildman–Crippen LogP) is -0.774. The fourth-order valence-corrected chi connectivity index (χ4v) is 4.69. The van der Waals surface area contributed by atoms with E-state index < -0.39 is 67.0 Å². The van der Waals surface area contributed by atoms with Gasteiger partial charge in [-0.25, -0.2) is 20.6 Å². The van der Waals surface area contributed by atoms with Gasteiger partial charge in [0.2, 0.25) is 5.28 Å². The van der Waals surface area contributed by atoms with Crippen LogP contribution in [0.2, 0.25) is 5.28 Å². The monoisotopic (exact) mass is 589 g/mol. The molecule has 40 heavy (non-hydrogen) atoms. The number of benzene rings is 1. The van der Waals surface area contributed by atoms with Crippen molar-refractivity contribution in [2.45, 2.75) is 48.9 Å². The molecule has 0 radical (unpaired) electrons. The smallest absolute Gasteiger partial charge is 0.416 e. The molecular formula is C21H23ClF3N9O6. The van der Waals surface area contributed by atoms with Crippen LogP contribution >= 0.6 is 11.6 Å². The number of carboxylic acids is 1. The van der Waals surface area contributed by atoms with Crippen molar-refractivity contribution in [1.29, 1.82) is 0 Å². The minimum atomic E-state index is -4.57. The van der Waals surface area contributed by atoms with Gasteiger partial charge in [0.1, 0.15) is 30.0 Å². The first-order valence-electron chi connectivity index (χ1n) is 11.6. The minimum Gasteiger partial charge on any atom is -0.479 e. The Balaban J connectivity index is 1.39. The van der Waals surface area contributed by atoms with E-state index in [2.05, 4.69) is 36.9 Å². The van der Waals surface area contributed by atoms with Crippen LogP contribution in [0.25, 0.3) is 11.2 Å². The lowest BCUT2D eigenvalue weighted by Gasteiger charge is -2.35. The number of halogens is 4. The zero-order valence-corrected chi connectivity index (χ0v) is 20.9. The maximum absolute atomic E-state index is 13.0. The van der Waals surface area contributed by atoms with Gasteiger partial charge < -0.3 is 30.5 Å².